The second kappa shape index (κ2) is 9.06. The average molecular weight is 517 g/mol. The van der Waals surface area contributed by atoms with Gasteiger partial charge in [0.2, 0.25) is 5.95 Å². The first kappa shape index (κ1) is 23.6. The largest absolute Gasteiger partial charge is 0.325 e. The highest BCUT2D eigenvalue weighted by Crippen LogP contribution is 2.39. The third-order valence-corrected chi connectivity index (χ3v) is 8.32. The number of aromatic nitrogens is 5. The van der Waals surface area contributed by atoms with Crippen LogP contribution in [0.2, 0.25) is 0 Å². The van der Waals surface area contributed by atoms with Crippen molar-refractivity contribution in [3.8, 4) is 11.3 Å². The molecule has 38 heavy (non-hydrogen) atoms. The van der Waals surface area contributed by atoms with Gasteiger partial charge in [0.25, 0.3) is 0 Å². The first-order chi connectivity index (χ1) is 18.5. The first-order valence-electron chi connectivity index (χ1n) is 13.3. The van der Waals surface area contributed by atoms with Crippen LogP contribution in [-0.2, 0) is 13.0 Å². The Morgan fingerprint density at radius 1 is 1.05 bits per heavy atom. The minimum Gasteiger partial charge on any atom is -0.325 e. The van der Waals surface area contributed by atoms with Crippen LogP contribution in [0.1, 0.15) is 43.6 Å². The van der Waals surface area contributed by atoms with E-state index in [1.807, 2.05) is 22.9 Å². The zero-order valence-corrected chi connectivity index (χ0v) is 21.3. The number of aryl methyl sites for hydroxylation is 1. The molecule has 6 heterocycles. The molecule has 0 radical (unpaired) electrons. The maximum atomic E-state index is 15.0. The molecular weight excluding hydrogens is 486 g/mol. The summed E-state index contributed by atoms with van der Waals surface area (Å²) in [6.07, 6.45) is 7.24. The lowest BCUT2D eigenvalue weighted by atomic mass is 9.72. The number of hydrogen-bond acceptors (Lipinski definition) is 7. The minimum absolute atomic E-state index is 0.0331. The molecule has 7 rings (SSSR count). The monoisotopic (exact) mass is 516 g/mol. The van der Waals surface area contributed by atoms with Crippen molar-refractivity contribution >= 4 is 22.8 Å². The number of likely N-dealkylation sites (tertiary alicyclic amines) is 1. The number of hydrogen-bond donors (Lipinski definition) is 2. The Kier molecular flexibility index (Phi) is 5.63. The predicted octanol–water partition coefficient (Wildman–Crippen LogP) is 4.60. The van der Waals surface area contributed by atoms with Crippen LogP contribution in [0.3, 0.4) is 0 Å². The van der Waals surface area contributed by atoms with Gasteiger partial charge >= 0.3 is 0 Å². The summed E-state index contributed by atoms with van der Waals surface area (Å²) in [6.45, 7) is 7.50. The Hall–Kier alpha value is -3.50. The van der Waals surface area contributed by atoms with Crippen molar-refractivity contribution in [3.05, 3.63) is 59.7 Å². The molecule has 0 unspecified atom stereocenters. The van der Waals surface area contributed by atoms with Crippen LogP contribution in [0.5, 0.6) is 0 Å². The minimum atomic E-state index is -0.618. The van der Waals surface area contributed by atoms with Crippen molar-refractivity contribution in [2.75, 3.05) is 31.5 Å². The molecule has 3 aliphatic heterocycles. The van der Waals surface area contributed by atoms with E-state index in [2.05, 4.69) is 42.4 Å². The fourth-order valence-electron chi connectivity index (χ4n) is 6.35. The molecule has 0 amide bonds. The van der Waals surface area contributed by atoms with Crippen molar-refractivity contribution in [3.63, 3.8) is 0 Å². The van der Waals surface area contributed by atoms with Gasteiger partial charge in [-0.25, -0.2) is 28.7 Å². The number of piperidine rings is 1. The van der Waals surface area contributed by atoms with Crippen molar-refractivity contribution in [1.82, 2.24) is 34.7 Å². The fraction of sp³-hybridized carbons (Fsp3) is 0.429. The number of benzene rings is 1. The van der Waals surface area contributed by atoms with Gasteiger partial charge in [-0.15, -0.1) is 0 Å². The maximum absolute atomic E-state index is 15.0. The highest BCUT2D eigenvalue weighted by atomic mass is 19.1. The third-order valence-electron chi connectivity index (χ3n) is 8.32. The van der Waals surface area contributed by atoms with Crippen molar-refractivity contribution in [2.24, 2.45) is 5.41 Å². The Balaban J connectivity index is 1.08. The molecule has 1 atom stereocenters. The zero-order valence-electron chi connectivity index (χ0n) is 21.3. The van der Waals surface area contributed by atoms with E-state index in [1.54, 1.807) is 6.07 Å². The molecule has 3 aromatic heterocycles. The molecule has 0 bridgehead atoms. The summed E-state index contributed by atoms with van der Waals surface area (Å²) in [6, 6.07) is 7.20. The molecule has 0 saturated carbocycles. The van der Waals surface area contributed by atoms with Gasteiger partial charge in [0.05, 0.1) is 11.7 Å². The van der Waals surface area contributed by atoms with Gasteiger partial charge in [-0.3, -0.25) is 4.90 Å². The number of fused-ring (bicyclic) bond motifs is 3. The van der Waals surface area contributed by atoms with Crippen molar-refractivity contribution in [2.45, 2.75) is 45.2 Å². The van der Waals surface area contributed by atoms with E-state index in [1.165, 1.54) is 18.9 Å². The number of anilines is 2. The van der Waals surface area contributed by atoms with Gasteiger partial charge in [0.15, 0.2) is 11.6 Å². The molecule has 2 N–H and O–H groups in total. The lowest BCUT2D eigenvalue weighted by Gasteiger charge is -2.52. The van der Waals surface area contributed by atoms with Crippen LogP contribution in [-0.4, -0.2) is 55.6 Å². The second-order valence-corrected chi connectivity index (χ2v) is 11.1. The molecule has 1 aromatic carbocycles. The third kappa shape index (κ3) is 4.12. The smallest absolute Gasteiger partial charge is 0.229 e. The van der Waals surface area contributed by atoms with E-state index in [4.69, 9.17) is 0 Å². The molecular formula is C28H30F2N8. The van der Waals surface area contributed by atoms with Crippen molar-refractivity contribution in [1.29, 1.82) is 0 Å². The van der Waals surface area contributed by atoms with E-state index in [9.17, 15) is 8.78 Å². The number of nitrogens with one attached hydrogen (secondary N) is 2. The van der Waals surface area contributed by atoms with Crippen LogP contribution >= 0.6 is 0 Å². The Bertz CT molecular complexity index is 1500. The number of nitrogens with zero attached hydrogens (tertiary/aromatic N) is 6. The Labute approximate surface area is 219 Å². The lowest BCUT2D eigenvalue weighted by Crippen LogP contribution is -2.59. The maximum Gasteiger partial charge on any atom is 0.229 e. The van der Waals surface area contributed by atoms with Crippen LogP contribution in [0.25, 0.3) is 22.3 Å². The Morgan fingerprint density at radius 2 is 1.89 bits per heavy atom. The summed E-state index contributed by atoms with van der Waals surface area (Å²) in [5, 5.41) is 6.51. The summed E-state index contributed by atoms with van der Waals surface area (Å²) in [5.74, 6) is 0.527. The summed E-state index contributed by atoms with van der Waals surface area (Å²) in [5.41, 5.74) is 3.01. The second-order valence-electron chi connectivity index (χ2n) is 11.1. The number of rotatable bonds is 5. The quantitative estimate of drug-likeness (QED) is 0.401. The standard InChI is InChI=1S/C28H30F2N8/c1-17-2-5-24-35-26-20(29)10-19(11-22(26)38(17)24)25-21(30)13-33-27(36-25)34-23-4-3-18(12-32-23)14-37-15-28(16-37)6-8-31-9-7-28/h3-4,10-13,17,31H,2,5-9,14-16H2,1H3,(H,32,33,34,36)/t17-/m1/s1. The van der Waals surface area contributed by atoms with E-state index < -0.39 is 11.6 Å². The van der Waals surface area contributed by atoms with Gasteiger partial charge < -0.3 is 15.2 Å². The van der Waals surface area contributed by atoms with E-state index in [0.717, 1.165) is 63.2 Å². The van der Waals surface area contributed by atoms with Gasteiger partial charge in [-0.05, 0) is 68.5 Å². The first-order valence-corrected chi connectivity index (χ1v) is 13.3. The predicted molar refractivity (Wildman–Crippen MR) is 141 cm³/mol. The molecule has 8 nitrogen and oxygen atoms in total. The van der Waals surface area contributed by atoms with Crippen LogP contribution in [0.15, 0.2) is 36.7 Å². The topological polar surface area (TPSA) is 83.8 Å². The molecule has 1 spiro atoms. The highest BCUT2D eigenvalue weighted by molar-refractivity contribution is 5.83. The average Bonchev–Trinajstić information content (AvgIpc) is 3.46. The molecule has 2 fully saturated rings. The summed E-state index contributed by atoms with van der Waals surface area (Å²) >= 11 is 0. The number of pyridine rings is 1. The van der Waals surface area contributed by atoms with Crippen molar-refractivity contribution < 1.29 is 8.78 Å². The fourth-order valence-corrected chi connectivity index (χ4v) is 6.35. The molecule has 196 valence electrons. The van der Waals surface area contributed by atoms with Gasteiger partial charge in [0, 0.05) is 43.9 Å². The summed E-state index contributed by atoms with van der Waals surface area (Å²) in [7, 11) is 0. The lowest BCUT2D eigenvalue weighted by molar-refractivity contribution is -0.0282. The molecule has 0 aliphatic carbocycles. The van der Waals surface area contributed by atoms with E-state index in [0.29, 0.717) is 27.8 Å². The molecule has 3 aliphatic rings. The van der Waals surface area contributed by atoms with Crippen LogP contribution < -0.4 is 10.6 Å². The highest BCUT2D eigenvalue weighted by Gasteiger charge is 2.42. The zero-order chi connectivity index (χ0) is 25.9. The van der Waals surface area contributed by atoms with E-state index in [-0.39, 0.29) is 17.7 Å². The molecule has 4 aromatic rings. The number of imidazole rings is 1. The van der Waals surface area contributed by atoms with E-state index >= 15 is 0 Å². The SMILES string of the molecule is C[C@@H]1CCc2nc3c(F)cc(-c4nc(Nc5ccc(CN6CC7(CCNCC7)C6)cn5)ncc4F)cc3n21. The summed E-state index contributed by atoms with van der Waals surface area (Å²) in [4.78, 5) is 19.9. The van der Waals surface area contributed by atoms with Crippen LogP contribution in [0.4, 0.5) is 20.5 Å². The van der Waals surface area contributed by atoms with Gasteiger partial charge in [-0.2, -0.15) is 0 Å². The molecule has 10 heteroatoms. The van der Waals surface area contributed by atoms with Crippen LogP contribution in [0, 0.1) is 17.0 Å². The van der Waals surface area contributed by atoms with Gasteiger partial charge in [-0.1, -0.05) is 6.07 Å². The Morgan fingerprint density at radius 3 is 2.68 bits per heavy atom. The molecule has 2 saturated heterocycles. The number of halogens is 2. The normalized spacial score (nSPS) is 20.6. The summed E-state index contributed by atoms with van der Waals surface area (Å²) < 4.78 is 31.8. The van der Waals surface area contributed by atoms with Gasteiger partial charge in [0.1, 0.15) is 22.9 Å².